The molecular weight excluding hydrogens is 274 g/mol. The minimum atomic E-state index is -1.07. The number of hydrogen-bond acceptors (Lipinski definition) is 4. The molecule has 0 heterocycles. The Bertz CT molecular complexity index is 495. The highest BCUT2D eigenvalue weighted by Crippen LogP contribution is 2.28. The standard InChI is InChI=1S/C15H19NO5/c1-20-13-6-2-11(3-7-13)8-16(12-4-5-12)14(17)9-21-10-15(18)19/h2-3,6-7,12H,4-5,8-10H2,1H3,(H,18,19). The van der Waals surface area contributed by atoms with Gasteiger partial charge in [-0.3, -0.25) is 4.79 Å². The van der Waals surface area contributed by atoms with Crippen molar-refractivity contribution < 1.29 is 24.2 Å². The minimum Gasteiger partial charge on any atom is -0.497 e. The third-order valence-electron chi connectivity index (χ3n) is 3.27. The van der Waals surface area contributed by atoms with Crippen molar-refractivity contribution in [1.82, 2.24) is 4.90 Å². The Balaban J connectivity index is 1.91. The number of carboxylic acids is 1. The molecule has 2 rings (SSSR count). The molecule has 1 aliphatic rings. The molecule has 1 N–H and O–H groups in total. The number of carbonyl (C=O) groups is 2. The van der Waals surface area contributed by atoms with Gasteiger partial charge in [0.05, 0.1) is 7.11 Å². The Morgan fingerprint density at radius 3 is 2.43 bits per heavy atom. The van der Waals surface area contributed by atoms with Crippen LogP contribution in [0, 0.1) is 0 Å². The van der Waals surface area contributed by atoms with Crippen molar-refractivity contribution in [3.8, 4) is 5.75 Å². The third-order valence-corrected chi connectivity index (χ3v) is 3.27. The molecule has 6 nitrogen and oxygen atoms in total. The van der Waals surface area contributed by atoms with Crippen LogP contribution in [0.3, 0.4) is 0 Å². The molecule has 114 valence electrons. The molecule has 1 aromatic rings. The Hall–Kier alpha value is -2.08. The van der Waals surface area contributed by atoms with Gasteiger partial charge < -0.3 is 19.5 Å². The maximum absolute atomic E-state index is 12.1. The van der Waals surface area contributed by atoms with Gasteiger partial charge in [0.15, 0.2) is 0 Å². The zero-order valence-corrected chi connectivity index (χ0v) is 11.9. The number of hydrogen-bond donors (Lipinski definition) is 1. The van der Waals surface area contributed by atoms with Gasteiger partial charge in [-0.15, -0.1) is 0 Å². The van der Waals surface area contributed by atoms with Gasteiger partial charge in [-0.1, -0.05) is 12.1 Å². The van der Waals surface area contributed by atoms with Crippen molar-refractivity contribution in [2.45, 2.75) is 25.4 Å². The van der Waals surface area contributed by atoms with Crippen LogP contribution in [0.2, 0.25) is 0 Å². The first-order chi connectivity index (χ1) is 10.1. The number of amides is 1. The molecule has 1 aliphatic carbocycles. The van der Waals surface area contributed by atoms with E-state index < -0.39 is 12.6 Å². The molecule has 21 heavy (non-hydrogen) atoms. The zero-order valence-electron chi connectivity index (χ0n) is 11.9. The van der Waals surface area contributed by atoms with E-state index in [9.17, 15) is 9.59 Å². The first kappa shape index (κ1) is 15.3. The zero-order chi connectivity index (χ0) is 15.2. The number of benzene rings is 1. The van der Waals surface area contributed by atoms with Gasteiger partial charge >= 0.3 is 5.97 Å². The molecule has 0 radical (unpaired) electrons. The Morgan fingerprint density at radius 1 is 1.24 bits per heavy atom. The molecule has 1 fully saturated rings. The second-order valence-corrected chi connectivity index (χ2v) is 4.99. The second-order valence-electron chi connectivity index (χ2n) is 4.99. The predicted molar refractivity (Wildman–Crippen MR) is 75.0 cm³/mol. The van der Waals surface area contributed by atoms with Crippen LogP contribution in [0.4, 0.5) is 0 Å². The van der Waals surface area contributed by atoms with Crippen LogP contribution < -0.4 is 4.74 Å². The molecule has 1 saturated carbocycles. The summed E-state index contributed by atoms with van der Waals surface area (Å²) in [5, 5.41) is 8.51. The highest BCUT2D eigenvalue weighted by atomic mass is 16.5. The van der Waals surface area contributed by atoms with Gasteiger partial charge in [0.2, 0.25) is 5.91 Å². The van der Waals surface area contributed by atoms with E-state index in [4.69, 9.17) is 14.6 Å². The Kier molecular flexibility index (Phi) is 5.16. The number of nitrogens with zero attached hydrogens (tertiary/aromatic N) is 1. The highest BCUT2D eigenvalue weighted by Gasteiger charge is 2.32. The number of ether oxygens (including phenoxy) is 2. The normalized spacial score (nSPS) is 13.8. The average molecular weight is 293 g/mol. The third kappa shape index (κ3) is 4.75. The molecule has 0 bridgehead atoms. The van der Waals surface area contributed by atoms with Crippen LogP contribution in [0.1, 0.15) is 18.4 Å². The molecule has 1 aromatic carbocycles. The van der Waals surface area contributed by atoms with Crippen LogP contribution in [0.5, 0.6) is 5.75 Å². The molecule has 6 heteroatoms. The lowest BCUT2D eigenvalue weighted by Crippen LogP contribution is -2.35. The summed E-state index contributed by atoms with van der Waals surface area (Å²) in [6.45, 7) is -0.143. The molecule has 0 saturated heterocycles. The molecule has 0 aliphatic heterocycles. The lowest BCUT2D eigenvalue weighted by Gasteiger charge is -2.22. The fraction of sp³-hybridized carbons (Fsp3) is 0.467. The van der Waals surface area contributed by atoms with Crippen molar-refractivity contribution in [3.05, 3.63) is 29.8 Å². The lowest BCUT2D eigenvalue weighted by atomic mass is 10.2. The summed E-state index contributed by atoms with van der Waals surface area (Å²) >= 11 is 0. The van der Waals surface area contributed by atoms with Gasteiger partial charge in [0.25, 0.3) is 0 Å². The summed E-state index contributed by atoms with van der Waals surface area (Å²) in [7, 11) is 1.61. The summed E-state index contributed by atoms with van der Waals surface area (Å²) in [4.78, 5) is 24.3. The van der Waals surface area contributed by atoms with E-state index in [1.165, 1.54) is 0 Å². The van der Waals surface area contributed by atoms with Crippen molar-refractivity contribution in [2.24, 2.45) is 0 Å². The highest BCUT2D eigenvalue weighted by molar-refractivity contribution is 5.78. The minimum absolute atomic E-state index is 0.172. The van der Waals surface area contributed by atoms with Gasteiger partial charge in [-0.2, -0.15) is 0 Å². The smallest absolute Gasteiger partial charge is 0.329 e. The van der Waals surface area contributed by atoms with Crippen molar-refractivity contribution in [1.29, 1.82) is 0 Å². The van der Waals surface area contributed by atoms with Crippen LogP contribution in [-0.2, 0) is 20.9 Å². The van der Waals surface area contributed by atoms with E-state index in [-0.39, 0.29) is 18.6 Å². The van der Waals surface area contributed by atoms with Crippen molar-refractivity contribution in [3.63, 3.8) is 0 Å². The SMILES string of the molecule is COc1ccc(CN(C(=O)COCC(=O)O)C2CC2)cc1. The first-order valence-corrected chi connectivity index (χ1v) is 6.82. The summed E-state index contributed by atoms with van der Waals surface area (Å²) in [5.41, 5.74) is 1.01. The van der Waals surface area contributed by atoms with E-state index in [1.54, 1.807) is 12.0 Å². The van der Waals surface area contributed by atoms with E-state index >= 15 is 0 Å². The molecule has 0 spiro atoms. The number of carbonyl (C=O) groups excluding carboxylic acids is 1. The second kappa shape index (κ2) is 7.08. The van der Waals surface area contributed by atoms with E-state index in [1.807, 2.05) is 24.3 Å². The Labute approximate surface area is 123 Å². The van der Waals surface area contributed by atoms with Crippen LogP contribution >= 0.6 is 0 Å². The van der Waals surface area contributed by atoms with Crippen molar-refractivity contribution >= 4 is 11.9 Å². The molecule has 0 atom stereocenters. The van der Waals surface area contributed by atoms with E-state index in [0.717, 1.165) is 24.2 Å². The molecule has 0 aromatic heterocycles. The van der Waals surface area contributed by atoms with Crippen LogP contribution in [0.25, 0.3) is 0 Å². The topological polar surface area (TPSA) is 76.1 Å². The monoisotopic (exact) mass is 293 g/mol. The number of carboxylic acid groups (broad SMARTS) is 1. The lowest BCUT2D eigenvalue weighted by molar-refractivity contribution is -0.146. The fourth-order valence-electron chi connectivity index (χ4n) is 2.04. The predicted octanol–water partition coefficient (Wildman–Crippen LogP) is 1.29. The van der Waals surface area contributed by atoms with E-state index in [0.29, 0.717) is 6.54 Å². The first-order valence-electron chi connectivity index (χ1n) is 6.82. The summed E-state index contributed by atoms with van der Waals surface area (Å²) in [6.07, 6.45) is 1.97. The van der Waals surface area contributed by atoms with Crippen molar-refractivity contribution in [2.75, 3.05) is 20.3 Å². The maximum Gasteiger partial charge on any atom is 0.329 e. The number of rotatable bonds is 8. The van der Waals surface area contributed by atoms with E-state index in [2.05, 4.69) is 0 Å². The molecule has 0 unspecified atom stereocenters. The average Bonchev–Trinajstić information content (AvgIpc) is 3.29. The summed E-state index contributed by atoms with van der Waals surface area (Å²) in [6, 6.07) is 7.78. The summed E-state index contributed by atoms with van der Waals surface area (Å²) in [5.74, 6) is -0.474. The number of methoxy groups -OCH3 is 1. The fourth-order valence-corrected chi connectivity index (χ4v) is 2.04. The quantitative estimate of drug-likeness (QED) is 0.781. The van der Waals surface area contributed by atoms with Gasteiger partial charge in [0.1, 0.15) is 19.0 Å². The molecule has 1 amide bonds. The van der Waals surface area contributed by atoms with Gasteiger partial charge in [0, 0.05) is 12.6 Å². The maximum atomic E-state index is 12.1. The molecular formula is C15H19NO5. The summed E-state index contributed by atoms with van der Waals surface area (Å²) < 4.78 is 9.98. The van der Waals surface area contributed by atoms with Gasteiger partial charge in [-0.05, 0) is 30.5 Å². The largest absolute Gasteiger partial charge is 0.497 e. The Morgan fingerprint density at radius 2 is 1.90 bits per heavy atom. The van der Waals surface area contributed by atoms with Crippen LogP contribution in [0.15, 0.2) is 24.3 Å². The number of aliphatic carboxylic acids is 1. The van der Waals surface area contributed by atoms with Crippen LogP contribution in [-0.4, -0.2) is 48.2 Å². The van der Waals surface area contributed by atoms with Gasteiger partial charge in [-0.25, -0.2) is 4.79 Å².